The first-order valence-corrected chi connectivity index (χ1v) is 4.73. The lowest BCUT2D eigenvalue weighted by Crippen LogP contribution is -1.66. The molecule has 0 aromatic heterocycles. The summed E-state index contributed by atoms with van der Waals surface area (Å²) in [5.74, 6) is 0.833. The lowest BCUT2D eigenvalue weighted by molar-refractivity contribution is 0.737. The van der Waals surface area contributed by atoms with Crippen LogP contribution in [0.5, 0.6) is 0 Å². The van der Waals surface area contributed by atoms with Gasteiger partial charge in [0.15, 0.2) is 0 Å². The zero-order valence-electron chi connectivity index (χ0n) is 9.58. The van der Waals surface area contributed by atoms with Crippen LogP contribution in [0, 0.1) is 5.92 Å². The Hall–Kier alpha value is 0. The zero-order valence-corrected chi connectivity index (χ0v) is 9.58. The zero-order chi connectivity index (χ0) is 9.58. The molecule has 0 bridgehead atoms. The molecular weight excluding hydrogens is 132 g/mol. The van der Waals surface area contributed by atoms with Crippen molar-refractivity contribution in [1.82, 2.24) is 0 Å². The summed E-state index contributed by atoms with van der Waals surface area (Å²) in [6.07, 6.45) is 0. The normalized spacial score (nSPS) is 4.91. The van der Waals surface area contributed by atoms with E-state index in [1.54, 1.807) is 0 Å². The highest BCUT2D eigenvalue weighted by atomic mass is 13.7. The molecule has 0 atom stereocenters. The second kappa shape index (κ2) is 90.0. The number of rotatable bonds is 0. The molecule has 0 heterocycles. The van der Waals surface area contributed by atoms with E-state index < -0.39 is 0 Å². The van der Waals surface area contributed by atoms with Crippen LogP contribution in [0.3, 0.4) is 0 Å². The standard InChI is InChI=1S/C4H10.3C2H6.CH4/c1-4(2)3;3*1-2;/h4H,1-3H3;3*1-2H3;1H4. The number of hydrogen-bond acceptors (Lipinski definition) is 0. The largest absolute Gasteiger partial charge is 0.0776 e. The molecule has 0 N–H and O–H groups in total. The maximum Gasteiger partial charge on any atom is -0.0500 e. The molecule has 76 valence electrons. The van der Waals surface area contributed by atoms with Crippen molar-refractivity contribution in [3.63, 3.8) is 0 Å². The van der Waals surface area contributed by atoms with Crippen molar-refractivity contribution < 1.29 is 0 Å². The fourth-order valence-corrected chi connectivity index (χ4v) is 0. The van der Waals surface area contributed by atoms with Crippen LogP contribution in [-0.4, -0.2) is 0 Å². The number of hydrogen-bond donors (Lipinski definition) is 0. The van der Waals surface area contributed by atoms with Crippen LogP contribution in [0.15, 0.2) is 0 Å². The Bertz CT molecular complexity index is 4.75. The SMILES string of the molecule is C.CC.CC.CC.CC(C)C. The van der Waals surface area contributed by atoms with Crippen molar-refractivity contribution in [3.8, 4) is 0 Å². The van der Waals surface area contributed by atoms with Crippen LogP contribution in [0.4, 0.5) is 0 Å². The lowest BCUT2D eigenvalue weighted by atomic mass is 10.3. The Morgan fingerprint density at radius 3 is 0.545 bits per heavy atom. The van der Waals surface area contributed by atoms with E-state index in [9.17, 15) is 0 Å². The Morgan fingerprint density at radius 2 is 0.545 bits per heavy atom. The van der Waals surface area contributed by atoms with E-state index in [1.807, 2.05) is 41.5 Å². The summed E-state index contributed by atoms with van der Waals surface area (Å²) in [5, 5.41) is 0. The van der Waals surface area contributed by atoms with Gasteiger partial charge in [0, 0.05) is 0 Å². The molecular formula is C11H32. The van der Waals surface area contributed by atoms with Crippen LogP contribution in [0.25, 0.3) is 0 Å². The Balaban J connectivity index is -0.0000000152. The second-order valence-electron chi connectivity index (χ2n) is 1.73. The van der Waals surface area contributed by atoms with Gasteiger partial charge in [-0.15, -0.1) is 0 Å². The highest BCUT2D eigenvalue weighted by Crippen LogP contribution is 1.81. The first-order chi connectivity index (χ1) is 4.73. The summed E-state index contributed by atoms with van der Waals surface area (Å²) in [5.41, 5.74) is 0. The van der Waals surface area contributed by atoms with Crippen LogP contribution in [0.2, 0.25) is 0 Å². The van der Waals surface area contributed by atoms with Crippen LogP contribution in [0.1, 0.15) is 69.7 Å². The summed E-state index contributed by atoms with van der Waals surface area (Å²) in [6, 6.07) is 0. The monoisotopic (exact) mass is 164 g/mol. The van der Waals surface area contributed by atoms with E-state index in [1.165, 1.54) is 0 Å². The van der Waals surface area contributed by atoms with Crippen LogP contribution >= 0.6 is 0 Å². The molecule has 0 saturated heterocycles. The van der Waals surface area contributed by atoms with E-state index in [0.717, 1.165) is 5.92 Å². The molecule has 0 aliphatic carbocycles. The third-order valence-corrected chi connectivity index (χ3v) is 0. The van der Waals surface area contributed by atoms with Gasteiger partial charge in [-0.05, 0) is 5.92 Å². The molecule has 0 amide bonds. The Morgan fingerprint density at radius 1 is 0.545 bits per heavy atom. The average Bonchev–Trinajstić information content (AvgIpc) is 1.98. The summed E-state index contributed by atoms with van der Waals surface area (Å²) in [4.78, 5) is 0. The van der Waals surface area contributed by atoms with Crippen LogP contribution < -0.4 is 0 Å². The molecule has 0 aromatic carbocycles. The van der Waals surface area contributed by atoms with Gasteiger partial charge in [0.05, 0.1) is 0 Å². The molecule has 0 aromatic rings. The fourth-order valence-electron chi connectivity index (χ4n) is 0. The molecule has 0 heteroatoms. The average molecular weight is 164 g/mol. The van der Waals surface area contributed by atoms with Crippen LogP contribution in [-0.2, 0) is 0 Å². The summed E-state index contributed by atoms with van der Waals surface area (Å²) < 4.78 is 0. The minimum atomic E-state index is 0. The molecule has 0 spiro atoms. The molecule has 0 aliphatic rings. The topological polar surface area (TPSA) is 0 Å². The third kappa shape index (κ3) is 0. The van der Waals surface area contributed by atoms with E-state index in [-0.39, 0.29) is 7.43 Å². The Labute approximate surface area is 76.4 Å². The van der Waals surface area contributed by atoms with Gasteiger partial charge in [0.2, 0.25) is 0 Å². The van der Waals surface area contributed by atoms with Crippen molar-refractivity contribution in [2.45, 2.75) is 69.7 Å². The molecule has 0 rings (SSSR count). The van der Waals surface area contributed by atoms with Gasteiger partial charge in [0.1, 0.15) is 0 Å². The van der Waals surface area contributed by atoms with E-state index in [2.05, 4.69) is 20.8 Å². The third-order valence-electron chi connectivity index (χ3n) is 0. The van der Waals surface area contributed by atoms with Crippen molar-refractivity contribution in [1.29, 1.82) is 0 Å². The van der Waals surface area contributed by atoms with Gasteiger partial charge in [-0.1, -0.05) is 69.7 Å². The molecule has 0 nitrogen and oxygen atoms in total. The van der Waals surface area contributed by atoms with Crippen molar-refractivity contribution >= 4 is 0 Å². The predicted molar refractivity (Wildman–Crippen MR) is 61.3 cm³/mol. The quantitative estimate of drug-likeness (QED) is 0.451. The highest BCUT2D eigenvalue weighted by molar-refractivity contribution is 4.20. The van der Waals surface area contributed by atoms with Crippen molar-refractivity contribution in [2.75, 3.05) is 0 Å². The molecule has 0 radical (unpaired) electrons. The first kappa shape index (κ1) is 30.6. The molecule has 0 aliphatic heterocycles. The van der Waals surface area contributed by atoms with Gasteiger partial charge >= 0.3 is 0 Å². The smallest absolute Gasteiger partial charge is 0.0500 e. The Kier molecular flexibility index (Phi) is 250. The highest BCUT2D eigenvalue weighted by Gasteiger charge is 1.68. The van der Waals surface area contributed by atoms with Gasteiger partial charge in [-0.2, -0.15) is 0 Å². The van der Waals surface area contributed by atoms with Gasteiger partial charge in [-0.3, -0.25) is 0 Å². The lowest BCUT2D eigenvalue weighted by Gasteiger charge is -1.79. The minimum Gasteiger partial charge on any atom is -0.0776 e. The van der Waals surface area contributed by atoms with Gasteiger partial charge in [0.25, 0.3) is 0 Å². The van der Waals surface area contributed by atoms with E-state index >= 15 is 0 Å². The molecule has 0 fully saturated rings. The van der Waals surface area contributed by atoms with Crippen molar-refractivity contribution in [2.24, 2.45) is 5.92 Å². The minimum absolute atomic E-state index is 0. The first-order valence-electron chi connectivity index (χ1n) is 4.73. The summed E-state index contributed by atoms with van der Waals surface area (Å²) in [7, 11) is 0. The van der Waals surface area contributed by atoms with Crippen molar-refractivity contribution in [3.05, 3.63) is 0 Å². The van der Waals surface area contributed by atoms with E-state index in [4.69, 9.17) is 0 Å². The van der Waals surface area contributed by atoms with Gasteiger partial charge in [-0.25, -0.2) is 0 Å². The molecule has 0 saturated carbocycles. The predicted octanol–water partition coefficient (Wildman–Crippen LogP) is 5.38. The maximum atomic E-state index is 2.17. The van der Waals surface area contributed by atoms with Gasteiger partial charge < -0.3 is 0 Å². The molecule has 0 unspecified atom stereocenters. The van der Waals surface area contributed by atoms with E-state index in [0.29, 0.717) is 0 Å². The molecule has 11 heavy (non-hydrogen) atoms. The maximum absolute atomic E-state index is 2.17. The summed E-state index contributed by atoms with van der Waals surface area (Å²) in [6.45, 7) is 18.5. The second-order valence-corrected chi connectivity index (χ2v) is 1.73. The summed E-state index contributed by atoms with van der Waals surface area (Å²) >= 11 is 0. The fraction of sp³-hybridized carbons (Fsp3) is 1.00.